The van der Waals surface area contributed by atoms with Gasteiger partial charge in [-0.1, -0.05) is 0 Å². The summed E-state index contributed by atoms with van der Waals surface area (Å²) in [7, 11) is 0. The minimum absolute atomic E-state index is 0. The molecular formula is C2H6Na2O6S2. The predicted molar refractivity (Wildman–Crippen MR) is 36.2 cm³/mol. The SMILES string of the molecule is C=O.C=O.OSO.[Na+].[Na+].[O-]S[O-]. The van der Waals surface area contributed by atoms with Crippen LogP contribution in [0.2, 0.25) is 0 Å². The zero-order valence-corrected chi connectivity index (χ0v) is 12.4. The molecule has 0 aliphatic rings. The fourth-order valence-electron chi connectivity index (χ4n) is 0. The maximum absolute atomic E-state index is 8.29. The minimum atomic E-state index is -0.750. The summed E-state index contributed by atoms with van der Waals surface area (Å²) in [5, 5.41) is 0. The summed E-state index contributed by atoms with van der Waals surface area (Å²) >= 11 is -1.00. The van der Waals surface area contributed by atoms with Gasteiger partial charge in [-0.05, 0) is 0 Å². The Labute approximate surface area is 124 Å². The van der Waals surface area contributed by atoms with Crippen LogP contribution in [0.3, 0.4) is 0 Å². The van der Waals surface area contributed by atoms with Gasteiger partial charge in [-0.25, -0.2) is 0 Å². The van der Waals surface area contributed by atoms with Gasteiger partial charge < -0.3 is 40.1 Å². The topological polar surface area (TPSA) is 121 Å². The van der Waals surface area contributed by atoms with E-state index in [1.165, 1.54) is 0 Å². The second kappa shape index (κ2) is 121. The summed E-state index contributed by atoms with van der Waals surface area (Å²) in [6.07, 6.45) is 0. The molecule has 0 unspecified atom stereocenters. The summed E-state index contributed by atoms with van der Waals surface area (Å²) in [5.41, 5.74) is 0. The van der Waals surface area contributed by atoms with Crippen LogP contribution in [0.25, 0.3) is 0 Å². The third kappa shape index (κ3) is 398. The molecule has 0 saturated carbocycles. The molecule has 0 atom stereocenters. The van der Waals surface area contributed by atoms with Crippen molar-refractivity contribution in [3.8, 4) is 0 Å². The first-order valence-electron chi connectivity index (χ1n) is 1.28. The van der Waals surface area contributed by atoms with Gasteiger partial charge in [-0.15, -0.1) is 0 Å². The summed E-state index contributed by atoms with van der Waals surface area (Å²) in [6, 6.07) is 0. The van der Waals surface area contributed by atoms with E-state index in [9.17, 15) is 0 Å². The van der Waals surface area contributed by atoms with Crippen LogP contribution in [-0.2, 0) is 9.59 Å². The fourth-order valence-corrected chi connectivity index (χ4v) is 0. The molecule has 0 radical (unpaired) electrons. The number of rotatable bonds is 0. The molecule has 0 amide bonds. The normalized spacial score (nSPS) is 3.67. The van der Waals surface area contributed by atoms with Crippen LogP contribution in [-0.4, -0.2) is 31.8 Å². The molecule has 64 valence electrons. The summed E-state index contributed by atoms with van der Waals surface area (Å²) < 4.78 is 30.7. The van der Waals surface area contributed by atoms with E-state index in [1.807, 2.05) is 13.6 Å². The summed E-state index contributed by atoms with van der Waals surface area (Å²) in [6.45, 7) is 4.00. The molecule has 0 fully saturated rings. The molecule has 0 aliphatic carbocycles. The Morgan fingerprint density at radius 1 is 0.917 bits per heavy atom. The zero-order chi connectivity index (χ0) is 9.41. The van der Waals surface area contributed by atoms with Gasteiger partial charge in [0, 0.05) is 0 Å². The molecule has 0 aliphatic heterocycles. The largest absolute Gasteiger partial charge is 1.00 e. The number of hydrogen-bond donors (Lipinski definition) is 2. The number of carbonyl (C=O) groups excluding carboxylic acids is 2. The van der Waals surface area contributed by atoms with E-state index in [4.69, 9.17) is 27.8 Å². The Kier molecular flexibility index (Phi) is 373. The van der Waals surface area contributed by atoms with Gasteiger partial charge in [-0.2, -0.15) is 0 Å². The van der Waals surface area contributed by atoms with Crippen molar-refractivity contribution in [3.63, 3.8) is 0 Å². The first-order valence-corrected chi connectivity index (χ1v) is 2.67. The van der Waals surface area contributed by atoms with E-state index in [2.05, 4.69) is 0 Å². The van der Waals surface area contributed by atoms with Crippen LogP contribution in [0.1, 0.15) is 0 Å². The molecule has 0 rings (SSSR count). The molecule has 0 saturated heterocycles. The van der Waals surface area contributed by atoms with Gasteiger partial charge in [0.05, 0.1) is 0 Å². The van der Waals surface area contributed by atoms with Crippen molar-refractivity contribution in [3.05, 3.63) is 0 Å². The average Bonchev–Trinajstić information content (AvgIpc) is 1.99. The van der Waals surface area contributed by atoms with E-state index < -0.39 is 12.3 Å². The van der Waals surface area contributed by atoms with Crippen molar-refractivity contribution in [2.45, 2.75) is 0 Å². The van der Waals surface area contributed by atoms with Crippen LogP contribution in [0.4, 0.5) is 0 Å². The number of carbonyl (C=O) groups is 2. The van der Waals surface area contributed by atoms with E-state index in [0.29, 0.717) is 0 Å². The smallest absolute Gasteiger partial charge is 0.811 e. The molecular weight excluding hydrogens is 230 g/mol. The van der Waals surface area contributed by atoms with E-state index in [0.717, 1.165) is 0 Å². The van der Waals surface area contributed by atoms with Crippen molar-refractivity contribution >= 4 is 38.2 Å². The summed E-state index contributed by atoms with van der Waals surface area (Å²) in [5.74, 6) is 0. The first kappa shape index (κ1) is 37.1. The minimum Gasteiger partial charge on any atom is -0.811 e. The predicted octanol–water partition coefficient (Wildman–Crippen LogP) is -5.72. The monoisotopic (exact) mass is 236 g/mol. The molecule has 0 spiro atoms. The van der Waals surface area contributed by atoms with Crippen LogP contribution in [0.5, 0.6) is 0 Å². The van der Waals surface area contributed by atoms with Gasteiger partial charge >= 0.3 is 59.1 Å². The Hall–Kier alpha value is 1.88. The molecule has 0 aromatic rings. The van der Waals surface area contributed by atoms with Crippen molar-refractivity contribution < 1.29 is 86.9 Å². The van der Waals surface area contributed by atoms with Crippen LogP contribution >= 0.6 is 24.6 Å². The third-order valence-corrected chi connectivity index (χ3v) is 0. The van der Waals surface area contributed by atoms with Crippen molar-refractivity contribution in [1.82, 2.24) is 0 Å². The fraction of sp³-hybridized carbons (Fsp3) is 0. The molecule has 2 N–H and O–H groups in total. The molecule has 0 heterocycles. The van der Waals surface area contributed by atoms with E-state index >= 15 is 0 Å². The molecule has 10 heteroatoms. The van der Waals surface area contributed by atoms with Crippen molar-refractivity contribution in [2.75, 3.05) is 0 Å². The first-order chi connectivity index (χ1) is 4.83. The van der Waals surface area contributed by atoms with Crippen LogP contribution < -0.4 is 59.1 Å². The Morgan fingerprint density at radius 3 is 0.917 bits per heavy atom. The molecule has 0 aromatic carbocycles. The number of hydrogen-bond acceptors (Lipinski definition) is 8. The second-order valence-electron chi connectivity index (χ2n) is 0.150. The standard InChI is InChI=1S/2CH2O.2Na.2H2O2S/c2*1-2;;;2*1-3-2/h2*1H2;;;2*1-2H/q;;2*+1;;/p-2. The second-order valence-corrected chi connectivity index (χ2v) is 0.449. The molecule has 0 bridgehead atoms. The van der Waals surface area contributed by atoms with E-state index in [1.54, 1.807) is 0 Å². The Morgan fingerprint density at radius 2 is 0.917 bits per heavy atom. The average molecular weight is 236 g/mol. The van der Waals surface area contributed by atoms with Gasteiger partial charge in [0.1, 0.15) is 13.6 Å². The van der Waals surface area contributed by atoms with Gasteiger partial charge in [0.2, 0.25) is 0 Å². The Bertz CT molecular complexity index is 33.5. The Balaban J connectivity index is -0.00000000967. The molecule has 12 heavy (non-hydrogen) atoms. The van der Waals surface area contributed by atoms with Crippen LogP contribution in [0.15, 0.2) is 0 Å². The van der Waals surface area contributed by atoms with Crippen molar-refractivity contribution in [1.29, 1.82) is 0 Å². The zero-order valence-electron chi connectivity index (χ0n) is 6.76. The van der Waals surface area contributed by atoms with E-state index in [-0.39, 0.29) is 71.4 Å². The third-order valence-electron chi connectivity index (χ3n) is 0. The van der Waals surface area contributed by atoms with Crippen LogP contribution in [0, 0.1) is 0 Å². The molecule has 0 aromatic heterocycles. The quantitative estimate of drug-likeness (QED) is 0.315. The maximum atomic E-state index is 8.29. The van der Waals surface area contributed by atoms with Gasteiger partial charge in [0.25, 0.3) is 0 Å². The van der Waals surface area contributed by atoms with Gasteiger partial charge in [-0.3, -0.25) is 0 Å². The van der Waals surface area contributed by atoms with Crippen molar-refractivity contribution in [2.24, 2.45) is 0 Å². The molecule has 6 nitrogen and oxygen atoms in total. The van der Waals surface area contributed by atoms with Gasteiger partial charge in [0.15, 0.2) is 12.3 Å². The summed E-state index contributed by atoms with van der Waals surface area (Å²) in [4.78, 5) is 16.0. The maximum Gasteiger partial charge on any atom is 1.00 e.